The normalized spacial score (nSPS) is 12.6. The molecule has 0 aliphatic heterocycles. The maximum absolute atomic E-state index is 5.77. The molecule has 102 valence electrons. The molecule has 5 nitrogen and oxygen atoms in total. The quantitative estimate of drug-likeness (QED) is 0.654. The van der Waals surface area contributed by atoms with Gasteiger partial charge in [0.1, 0.15) is 0 Å². The van der Waals surface area contributed by atoms with Gasteiger partial charge in [-0.3, -0.25) is 15.5 Å². The number of hydrazine groups is 1. The number of nitrogens with zero attached hydrogens (tertiary/aromatic N) is 3. The lowest BCUT2D eigenvalue weighted by atomic mass is 10.0. The van der Waals surface area contributed by atoms with Crippen LogP contribution in [0.15, 0.2) is 29.1 Å². The van der Waals surface area contributed by atoms with Gasteiger partial charge in [0, 0.05) is 18.9 Å². The molecule has 19 heavy (non-hydrogen) atoms. The minimum absolute atomic E-state index is 0.105. The zero-order valence-electron chi connectivity index (χ0n) is 11.1. The van der Waals surface area contributed by atoms with E-state index in [4.69, 9.17) is 5.84 Å². The summed E-state index contributed by atoms with van der Waals surface area (Å²) < 4.78 is 2.94. The van der Waals surface area contributed by atoms with Gasteiger partial charge >= 0.3 is 0 Å². The molecular weight excluding hydrogens is 306 g/mol. The topological polar surface area (TPSA) is 68.8 Å². The minimum atomic E-state index is -0.105. The van der Waals surface area contributed by atoms with Gasteiger partial charge in [-0.1, -0.05) is 6.92 Å². The van der Waals surface area contributed by atoms with Crippen molar-refractivity contribution >= 4 is 15.9 Å². The van der Waals surface area contributed by atoms with E-state index in [0.29, 0.717) is 0 Å². The zero-order chi connectivity index (χ0) is 13.8. The van der Waals surface area contributed by atoms with Crippen LogP contribution in [0.3, 0.4) is 0 Å². The van der Waals surface area contributed by atoms with Crippen molar-refractivity contribution in [2.24, 2.45) is 5.84 Å². The van der Waals surface area contributed by atoms with E-state index >= 15 is 0 Å². The number of nitrogens with two attached hydrogens (primary N) is 1. The largest absolute Gasteiger partial charge is 0.271 e. The van der Waals surface area contributed by atoms with Crippen LogP contribution in [0.25, 0.3) is 0 Å². The first-order chi connectivity index (χ1) is 9.19. The molecule has 0 saturated carbocycles. The Morgan fingerprint density at radius 3 is 2.89 bits per heavy atom. The third-order valence-electron chi connectivity index (χ3n) is 3.08. The van der Waals surface area contributed by atoms with E-state index in [2.05, 4.69) is 38.4 Å². The number of aryl methyl sites for hydroxylation is 2. The molecule has 0 saturated heterocycles. The number of pyridine rings is 1. The van der Waals surface area contributed by atoms with E-state index in [1.807, 2.05) is 30.1 Å². The van der Waals surface area contributed by atoms with Crippen LogP contribution in [0.5, 0.6) is 0 Å². The highest BCUT2D eigenvalue weighted by molar-refractivity contribution is 9.10. The van der Waals surface area contributed by atoms with Gasteiger partial charge in [-0.05, 0) is 46.5 Å². The first kappa shape index (κ1) is 14.2. The molecule has 1 unspecified atom stereocenters. The highest BCUT2D eigenvalue weighted by Crippen LogP contribution is 2.29. The second-order valence-electron chi connectivity index (χ2n) is 4.43. The van der Waals surface area contributed by atoms with Crippen molar-refractivity contribution in [2.45, 2.75) is 32.9 Å². The molecule has 0 fully saturated rings. The molecule has 0 aromatic carbocycles. The molecule has 0 aliphatic carbocycles. The second-order valence-corrected chi connectivity index (χ2v) is 5.29. The second kappa shape index (κ2) is 6.27. The molecule has 3 N–H and O–H groups in total. The predicted octanol–water partition coefficient (Wildman–Crippen LogP) is 2.31. The summed E-state index contributed by atoms with van der Waals surface area (Å²) in [6, 6.07) is 1.88. The van der Waals surface area contributed by atoms with E-state index in [9.17, 15) is 0 Å². The summed E-state index contributed by atoms with van der Waals surface area (Å²) >= 11 is 3.56. The average Bonchev–Trinajstić information content (AvgIpc) is 2.75. The fourth-order valence-electron chi connectivity index (χ4n) is 2.17. The van der Waals surface area contributed by atoms with Gasteiger partial charge in [0.2, 0.25) is 0 Å². The summed E-state index contributed by atoms with van der Waals surface area (Å²) in [6.45, 7) is 5.02. The fraction of sp³-hybridized carbons (Fsp3) is 0.385. The molecule has 0 spiro atoms. The summed E-state index contributed by atoms with van der Waals surface area (Å²) in [4.78, 5) is 4.12. The third kappa shape index (κ3) is 2.86. The van der Waals surface area contributed by atoms with Crippen molar-refractivity contribution in [1.82, 2.24) is 20.2 Å². The Balaban J connectivity index is 2.48. The summed E-state index contributed by atoms with van der Waals surface area (Å²) in [5.41, 5.74) is 6.13. The minimum Gasteiger partial charge on any atom is -0.271 e. The molecule has 1 atom stereocenters. The molecule has 2 aromatic rings. The SMILES string of the molecule is CCCn1ncc(Br)c1C(NN)c1ccncc1C. The van der Waals surface area contributed by atoms with Crippen LogP contribution in [0.1, 0.15) is 36.2 Å². The van der Waals surface area contributed by atoms with Gasteiger partial charge in [-0.15, -0.1) is 0 Å². The van der Waals surface area contributed by atoms with E-state index < -0.39 is 0 Å². The Morgan fingerprint density at radius 2 is 2.26 bits per heavy atom. The monoisotopic (exact) mass is 323 g/mol. The van der Waals surface area contributed by atoms with Crippen LogP contribution in [0, 0.1) is 6.92 Å². The van der Waals surface area contributed by atoms with E-state index in [0.717, 1.165) is 34.3 Å². The lowest BCUT2D eigenvalue weighted by Gasteiger charge is -2.20. The average molecular weight is 324 g/mol. The van der Waals surface area contributed by atoms with Crippen molar-refractivity contribution in [3.8, 4) is 0 Å². The van der Waals surface area contributed by atoms with Crippen molar-refractivity contribution in [1.29, 1.82) is 0 Å². The molecule has 2 rings (SSSR count). The van der Waals surface area contributed by atoms with Gasteiger partial charge in [0.25, 0.3) is 0 Å². The smallest absolute Gasteiger partial charge is 0.0893 e. The van der Waals surface area contributed by atoms with Crippen molar-refractivity contribution in [2.75, 3.05) is 0 Å². The molecule has 0 aliphatic rings. The summed E-state index contributed by atoms with van der Waals surface area (Å²) in [6.07, 6.45) is 6.45. The highest BCUT2D eigenvalue weighted by Gasteiger charge is 2.21. The summed E-state index contributed by atoms with van der Waals surface area (Å²) in [5, 5.41) is 4.39. The number of halogens is 1. The van der Waals surface area contributed by atoms with Crippen molar-refractivity contribution in [3.05, 3.63) is 46.0 Å². The number of hydrogen-bond donors (Lipinski definition) is 2. The van der Waals surface area contributed by atoms with Crippen LogP contribution in [-0.4, -0.2) is 14.8 Å². The molecule has 0 amide bonds. The van der Waals surface area contributed by atoms with Crippen LogP contribution in [0.2, 0.25) is 0 Å². The molecular formula is C13H18BrN5. The van der Waals surface area contributed by atoms with Gasteiger partial charge < -0.3 is 0 Å². The van der Waals surface area contributed by atoms with E-state index in [-0.39, 0.29) is 6.04 Å². The maximum Gasteiger partial charge on any atom is 0.0893 e. The molecule has 0 bridgehead atoms. The van der Waals surface area contributed by atoms with Crippen LogP contribution in [0.4, 0.5) is 0 Å². The van der Waals surface area contributed by atoms with Crippen molar-refractivity contribution in [3.63, 3.8) is 0 Å². The molecule has 2 aromatic heterocycles. The summed E-state index contributed by atoms with van der Waals surface area (Å²) in [7, 11) is 0. The Kier molecular flexibility index (Phi) is 4.68. The third-order valence-corrected chi connectivity index (χ3v) is 3.69. The van der Waals surface area contributed by atoms with E-state index in [1.54, 1.807) is 6.20 Å². The van der Waals surface area contributed by atoms with E-state index in [1.165, 1.54) is 0 Å². The Labute approximate surface area is 121 Å². The standard InChI is InChI=1S/C13H18BrN5/c1-3-6-19-13(11(14)8-17-19)12(18-15)10-4-5-16-7-9(10)2/h4-5,7-8,12,18H,3,6,15H2,1-2H3. The fourth-order valence-corrected chi connectivity index (χ4v) is 2.70. The first-order valence-electron chi connectivity index (χ1n) is 6.26. The molecule has 0 radical (unpaired) electrons. The highest BCUT2D eigenvalue weighted by atomic mass is 79.9. The first-order valence-corrected chi connectivity index (χ1v) is 7.06. The number of hydrogen-bond acceptors (Lipinski definition) is 4. The van der Waals surface area contributed by atoms with Crippen LogP contribution in [-0.2, 0) is 6.54 Å². The van der Waals surface area contributed by atoms with Crippen LogP contribution < -0.4 is 11.3 Å². The lowest BCUT2D eigenvalue weighted by molar-refractivity contribution is 0.518. The number of nitrogens with one attached hydrogen (secondary N) is 1. The Morgan fingerprint density at radius 1 is 1.47 bits per heavy atom. The molecule has 6 heteroatoms. The van der Waals surface area contributed by atoms with Gasteiger partial charge in [-0.25, -0.2) is 5.43 Å². The predicted molar refractivity (Wildman–Crippen MR) is 78.4 cm³/mol. The Bertz CT molecular complexity index is 552. The number of rotatable bonds is 5. The number of aromatic nitrogens is 3. The van der Waals surface area contributed by atoms with Gasteiger partial charge in [-0.2, -0.15) is 5.10 Å². The molecule has 2 heterocycles. The van der Waals surface area contributed by atoms with Crippen LogP contribution >= 0.6 is 15.9 Å². The summed E-state index contributed by atoms with van der Waals surface area (Å²) in [5.74, 6) is 5.77. The van der Waals surface area contributed by atoms with Gasteiger partial charge in [0.15, 0.2) is 0 Å². The maximum atomic E-state index is 5.77. The van der Waals surface area contributed by atoms with Gasteiger partial charge in [0.05, 0.1) is 22.4 Å². The Hall–Kier alpha value is -1.24. The van der Waals surface area contributed by atoms with Crippen molar-refractivity contribution < 1.29 is 0 Å². The lowest BCUT2D eigenvalue weighted by Crippen LogP contribution is -2.31. The zero-order valence-corrected chi connectivity index (χ0v) is 12.7.